The van der Waals surface area contributed by atoms with Crippen LogP contribution in [0.2, 0.25) is 0 Å². The first-order valence-corrected chi connectivity index (χ1v) is 7.20. The highest BCUT2D eigenvalue weighted by atomic mass is 16.5. The molecule has 0 fully saturated rings. The second-order valence-electron chi connectivity index (χ2n) is 5.30. The molecule has 0 amide bonds. The molecular weight excluding hydrogens is 252 g/mol. The van der Waals surface area contributed by atoms with Crippen molar-refractivity contribution in [2.45, 2.75) is 32.3 Å². The molecule has 0 radical (unpaired) electrons. The Kier molecular flexibility index (Phi) is 3.38. The standard InChI is InChI=1S/C16H20N2O2/c1-3-4-7-11-10-17-15(20-11)14-12-8-5-6-9-13(12)18(2)16(14)19/h5-6,8-9,11,19H,3-4,7,10H2,1-2H3. The van der Waals surface area contributed by atoms with E-state index < -0.39 is 0 Å². The van der Waals surface area contributed by atoms with Gasteiger partial charge in [-0.3, -0.25) is 0 Å². The lowest BCUT2D eigenvalue weighted by Gasteiger charge is -2.10. The predicted molar refractivity (Wildman–Crippen MR) is 80.4 cm³/mol. The van der Waals surface area contributed by atoms with Crippen LogP contribution in [-0.2, 0) is 11.8 Å². The Labute approximate surface area is 118 Å². The number of unbranched alkanes of at least 4 members (excludes halogenated alkanes) is 1. The number of aromatic nitrogens is 1. The summed E-state index contributed by atoms with van der Waals surface area (Å²) in [6.45, 7) is 2.87. The smallest absolute Gasteiger partial charge is 0.222 e. The average molecular weight is 272 g/mol. The van der Waals surface area contributed by atoms with E-state index in [1.54, 1.807) is 4.57 Å². The summed E-state index contributed by atoms with van der Waals surface area (Å²) in [5, 5.41) is 11.3. The number of para-hydroxylation sites is 1. The lowest BCUT2D eigenvalue weighted by atomic mass is 10.1. The molecule has 0 aliphatic carbocycles. The van der Waals surface area contributed by atoms with Crippen molar-refractivity contribution in [2.75, 3.05) is 6.54 Å². The van der Waals surface area contributed by atoms with Gasteiger partial charge in [-0.25, -0.2) is 4.99 Å². The number of nitrogens with zero attached hydrogens (tertiary/aromatic N) is 2. The van der Waals surface area contributed by atoms with Gasteiger partial charge >= 0.3 is 0 Å². The zero-order chi connectivity index (χ0) is 14.1. The van der Waals surface area contributed by atoms with Crippen LogP contribution in [0.1, 0.15) is 31.7 Å². The highest BCUT2D eigenvalue weighted by Crippen LogP contribution is 2.32. The van der Waals surface area contributed by atoms with E-state index in [0.717, 1.165) is 35.7 Å². The lowest BCUT2D eigenvalue weighted by molar-refractivity contribution is 0.209. The van der Waals surface area contributed by atoms with Crippen molar-refractivity contribution in [2.24, 2.45) is 12.0 Å². The number of benzene rings is 1. The van der Waals surface area contributed by atoms with E-state index in [0.29, 0.717) is 12.4 Å². The van der Waals surface area contributed by atoms with Gasteiger partial charge in [-0.15, -0.1) is 0 Å². The average Bonchev–Trinajstić information content (AvgIpc) is 3.02. The topological polar surface area (TPSA) is 46.8 Å². The summed E-state index contributed by atoms with van der Waals surface area (Å²) in [7, 11) is 1.85. The Morgan fingerprint density at radius 3 is 3.00 bits per heavy atom. The first-order chi connectivity index (χ1) is 9.72. The van der Waals surface area contributed by atoms with Crippen LogP contribution in [-0.4, -0.2) is 28.2 Å². The van der Waals surface area contributed by atoms with Crippen molar-refractivity contribution in [1.82, 2.24) is 4.57 Å². The van der Waals surface area contributed by atoms with Gasteiger partial charge in [0, 0.05) is 12.4 Å². The van der Waals surface area contributed by atoms with Crippen molar-refractivity contribution in [3.05, 3.63) is 29.8 Å². The van der Waals surface area contributed by atoms with E-state index in [1.165, 1.54) is 0 Å². The fourth-order valence-corrected chi connectivity index (χ4v) is 2.73. The van der Waals surface area contributed by atoms with Crippen LogP contribution in [0.25, 0.3) is 10.9 Å². The van der Waals surface area contributed by atoms with Crippen LogP contribution in [0.3, 0.4) is 0 Å². The maximum absolute atomic E-state index is 10.3. The van der Waals surface area contributed by atoms with E-state index in [1.807, 2.05) is 31.3 Å². The number of ether oxygens (including phenoxy) is 1. The van der Waals surface area contributed by atoms with E-state index in [-0.39, 0.29) is 12.0 Å². The van der Waals surface area contributed by atoms with Gasteiger partial charge in [0.15, 0.2) is 0 Å². The van der Waals surface area contributed by atoms with Gasteiger partial charge in [-0.1, -0.05) is 31.5 Å². The molecule has 2 aromatic rings. The monoisotopic (exact) mass is 272 g/mol. The second kappa shape index (κ2) is 5.19. The van der Waals surface area contributed by atoms with Gasteiger partial charge in [0.05, 0.1) is 12.1 Å². The van der Waals surface area contributed by atoms with E-state index in [2.05, 4.69) is 11.9 Å². The van der Waals surface area contributed by atoms with Crippen LogP contribution < -0.4 is 0 Å². The minimum absolute atomic E-state index is 0.156. The summed E-state index contributed by atoms with van der Waals surface area (Å²) < 4.78 is 7.70. The predicted octanol–water partition coefficient (Wildman–Crippen LogP) is 3.22. The molecule has 3 rings (SSSR count). The van der Waals surface area contributed by atoms with Crippen molar-refractivity contribution >= 4 is 16.8 Å². The van der Waals surface area contributed by atoms with Gasteiger partial charge in [0.2, 0.25) is 11.8 Å². The Hall–Kier alpha value is -1.97. The van der Waals surface area contributed by atoms with Gasteiger partial charge in [0.25, 0.3) is 0 Å². The maximum Gasteiger partial charge on any atom is 0.222 e. The number of fused-ring (bicyclic) bond motifs is 1. The second-order valence-corrected chi connectivity index (χ2v) is 5.30. The molecular formula is C16H20N2O2. The molecule has 20 heavy (non-hydrogen) atoms. The highest BCUT2D eigenvalue weighted by Gasteiger charge is 2.26. The largest absolute Gasteiger partial charge is 0.494 e. The number of hydrogen-bond donors (Lipinski definition) is 1. The molecule has 1 aliphatic rings. The minimum atomic E-state index is 0.156. The summed E-state index contributed by atoms with van der Waals surface area (Å²) in [6, 6.07) is 7.92. The van der Waals surface area contributed by atoms with Crippen LogP contribution in [0.15, 0.2) is 29.3 Å². The summed E-state index contributed by atoms with van der Waals surface area (Å²) >= 11 is 0. The molecule has 0 saturated heterocycles. The molecule has 4 nitrogen and oxygen atoms in total. The molecule has 2 heterocycles. The molecule has 106 valence electrons. The van der Waals surface area contributed by atoms with Gasteiger partial charge in [0.1, 0.15) is 11.7 Å². The van der Waals surface area contributed by atoms with Crippen LogP contribution in [0.4, 0.5) is 0 Å². The highest BCUT2D eigenvalue weighted by molar-refractivity contribution is 6.10. The number of rotatable bonds is 4. The fourth-order valence-electron chi connectivity index (χ4n) is 2.73. The molecule has 1 unspecified atom stereocenters. The number of aryl methyl sites for hydroxylation is 1. The Morgan fingerprint density at radius 1 is 1.40 bits per heavy atom. The fraction of sp³-hybridized carbons (Fsp3) is 0.438. The summed E-state index contributed by atoms with van der Waals surface area (Å²) in [6.07, 6.45) is 3.49. The van der Waals surface area contributed by atoms with E-state index in [4.69, 9.17) is 4.74 Å². The van der Waals surface area contributed by atoms with Crippen molar-refractivity contribution in [1.29, 1.82) is 0 Å². The number of aliphatic imine (C=N–C) groups is 1. The van der Waals surface area contributed by atoms with E-state index >= 15 is 0 Å². The third-order valence-corrected chi connectivity index (χ3v) is 3.89. The molecule has 1 N–H and O–H groups in total. The molecule has 0 saturated carbocycles. The third kappa shape index (κ3) is 2.05. The third-order valence-electron chi connectivity index (χ3n) is 3.89. The molecule has 1 aromatic carbocycles. The zero-order valence-corrected chi connectivity index (χ0v) is 12.0. The normalized spacial score (nSPS) is 18.3. The SMILES string of the molecule is CCCCC1CN=C(c2c(O)n(C)c3ccccc23)O1. The number of aromatic hydroxyl groups is 1. The first kappa shape index (κ1) is 13.0. The lowest BCUT2D eigenvalue weighted by Crippen LogP contribution is -2.13. The molecule has 4 heteroatoms. The molecule has 1 atom stereocenters. The zero-order valence-electron chi connectivity index (χ0n) is 12.0. The quantitative estimate of drug-likeness (QED) is 0.929. The van der Waals surface area contributed by atoms with Crippen LogP contribution in [0.5, 0.6) is 5.88 Å². The Balaban J connectivity index is 1.94. The van der Waals surface area contributed by atoms with Gasteiger partial charge < -0.3 is 14.4 Å². The molecule has 0 bridgehead atoms. The molecule has 0 spiro atoms. The first-order valence-electron chi connectivity index (χ1n) is 7.20. The molecule has 1 aliphatic heterocycles. The summed E-state index contributed by atoms with van der Waals surface area (Å²) in [4.78, 5) is 4.49. The molecule has 1 aromatic heterocycles. The van der Waals surface area contributed by atoms with Crippen molar-refractivity contribution in [3.63, 3.8) is 0 Å². The summed E-state index contributed by atoms with van der Waals surface area (Å²) in [5.41, 5.74) is 1.71. The van der Waals surface area contributed by atoms with Crippen LogP contribution in [0, 0.1) is 0 Å². The van der Waals surface area contributed by atoms with Crippen molar-refractivity contribution in [3.8, 4) is 5.88 Å². The van der Waals surface area contributed by atoms with Gasteiger partial charge in [-0.2, -0.15) is 0 Å². The van der Waals surface area contributed by atoms with Gasteiger partial charge in [-0.05, 0) is 18.9 Å². The maximum atomic E-state index is 10.3. The minimum Gasteiger partial charge on any atom is -0.494 e. The summed E-state index contributed by atoms with van der Waals surface area (Å²) in [5.74, 6) is 0.807. The van der Waals surface area contributed by atoms with Crippen molar-refractivity contribution < 1.29 is 9.84 Å². The van der Waals surface area contributed by atoms with E-state index in [9.17, 15) is 5.11 Å². The van der Waals surface area contributed by atoms with Crippen LogP contribution >= 0.6 is 0 Å². The Bertz CT molecular complexity index is 658. The Morgan fingerprint density at radius 2 is 2.20 bits per heavy atom. The number of hydrogen-bond acceptors (Lipinski definition) is 3.